The molecule has 0 bridgehead atoms. The van der Waals surface area contributed by atoms with Crippen LogP contribution in [0.5, 0.6) is 0 Å². The molecular weight excluding hydrogens is 449 g/mol. The van der Waals surface area contributed by atoms with E-state index in [0.29, 0.717) is 27.4 Å². The van der Waals surface area contributed by atoms with E-state index in [2.05, 4.69) is 0 Å². The number of rotatable bonds is 4. The van der Waals surface area contributed by atoms with Gasteiger partial charge in [0.25, 0.3) is 0 Å². The van der Waals surface area contributed by atoms with E-state index >= 15 is 4.39 Å². The fraction of sp³-hybridized carbons (Fsp3) is 0.440. The maximum absolute atomic E-state index is 15.3. The molecule has 32 heavy (non-hydrogen) atoms. The number of benzene rings is 1. The number of carbonyl (C=O) groups is 1. The van der Waals surface area contributed by atoms with Crippen LogP contribution in [0.4, 0.5) is 4.39 Å². The van der Waals surface area contributed by atoms with Gasteiger partial charge in [-0.3, -0.25) is 0 Å². The predicted octanol–water partition coefficient (Wildman–Crippen LogP) is 6.97. The lowest BCUT2D eigenvalue weighted by Crippen LogP contribution is -2.29. The van der Waals surface area contributed by atoms with Crippen molar-refractivity contribution >= 4 is 39.1 Å². The number of halogens is 2. The molecule has 1 aromatic carbocycles. The third-order valence-electron chi connectivity index (χ3n) is 5.68. The highest BCUT2D eigenvalue weighted by Crippen LogP contribution is 2.46. The van der Waals surface area contributed by atoms with Crippen LogP contribution in [-0.4, -0.2) is 23.7 Å². The smallest absolute Gasteiger partial charge is 0.339 e. The van der Waals surface area contributed by atoms with Crippen molar-refractivity contribution in [1.82, 2.24) is 4.98 Å². The van der Waals surface area contributed by atoms with Crippen molar-refractivity contribution in [3.8, 4) is 11.1 Å². The van der Waals surface area contributed by atoms with Crippen LogP contribution in [0.3, 0.4) is 0 Å². The highest BCUT2D eigenvalue weighted by atomic mass is 35.5. The van der Waals surface area contributed by atoms with Crippen molar-refractivity contribution in [3.05, 3.63) is 50.7 Å². The first-order chi connectivity index (χ1) is 15.1. The van der Waals surface area contributed by atoms with Crippen LogP contribution in [-0.2, 0) is 27.1 Å². The largest absolute Gasteiger partial charge is 0.467 e. The fourth-order valence-electron chi connectivity index (χ4n) is 4.39. The van der Waals surface area contributed by atoms with Crippen LogP contribution in [0.1, 0.15) is 61.4 Å². The maximum atomic E-state index is 15.3. The molecule has 0 spiro atoms. The molecular formula is C25H27ClFNO3S. The maximum Gasteiger partial charge on any atom is 0.339 e. The summed E-state index contributed by atoms with van der Waals surface area (Å²) < 4.78 is 26.6. The first-order valence-electron chi connectivity index (χ1n) is 10.8. The number of esters is 1. The summed E-state index contributed by atoms with van der Waals surface area (Å²) in [6, 6.07) is 4.65. The number of hydrogen-bond donors (Lipinski definition) is 0. The summed E-state index contributed by atoms with van der Waals surface area (Å²) >= 11 is 7.72. The highest BCUT2D eigenvalue weighted by Gasteiger charge is 2.35. The van der Waals surface area contributed by atoms with Crippen LogP contribution < -0.4 is 0 Å². The topological polar surface area (TPSA) is 48.4 Å². The van der Waals surface area contributed by atoms with Crippen molar-refractivity contribution in [2.75, 3.05) is 7.11 Å². The molecule has 0 amide bonds. The normalized spacial score (nSPS) is 15.0. The summed E-state index contributed by atoms with van der Waals surface area (Å²) in [5, 5.41) is 1.23. The van der Waals surface area contributed by atoms with Crippen LogP contribution in [0.2, 0.25) is 5.02 Å². The Kier molecular flexibility index (Phi) is 6.31. The number of aryl methyl sites for hydroxylation is 3. The van der Waals surface area contributed by atoms with Gasteiger partial charge in [0.05, 0.1) is 12.7 Å². The Morgan fingerprint density at radius 3 is 2.62 bits per heavy atom. The van der Waals surface area contributed by atoms with Gasteiger partial charge in [0.1, 0.15) is 10.6 Å². The predicted molar refractivity (Wildman–Crippen MR) is 127 cm³/mol. The highest BCUT2D eigenvalue weighted by molar-refractivity contribution is 7.19. The Labute approximate surface area is 196 Å². The Balaban J connectivity index is 2.12. The van der Waals surface area contributed by atoms with Gasteiger partial charge in [-0.1, -0.05) is 11.6 Å². The molecule has 0 aliphatic heterocycles. The average molecular weight is 476 g/mol. The first kappa shape index (κ1) is 23.1. The molecule has 1 aliphatic rings. The number of carbonyl (C=O) groups excluding carboxylic acids is 1. The Morgan fingerprint density at radius 2 is 1.97 bits per heavy atom. The van der Waals surface area contributed by atoms with Crippen molar-refractivity contribution in [3.63, 3.8) is 0 Å². The van der Waals surface area contributed by atoms with Crippen molar-refractivity contribution in [1.29, 1.82) is 0 Å². The summed E-state index contributed by atoms with van der Waals surface area (Å²) in [4.78, 5) is 20.0. The second kappa shape index (κ2) is 8.73. The lowest BCUT2D eigenvalue weighted by Gasteiger charge is -2.29. The second-order valence-electron chi connectivity index (χ2n) is 9.13. The fourth-order valence-corrected chi connectivity index (χ4v) is 5.87. The summed E-state index contributed by atoms with van der Waals surface area (Å²) in [5.41, 5.74) is 2.78. The van der Waals surface area contributed by atoms with E-state index in [9.17, 15) is 4.79 Å². The zero-order valence-electron chi connectivity index (χ0n) is 19.0. The molecule has 4 rings (SSSR count). The monoisotopic (exact) mass is 475 g/mol. The van der Waals surface area contributed by atoms with Gasteiger partial charge in [0, 0.05) is 37.7 Å². The van der Waals surface area contributed by atoms with Gasteiger partial charge in [0.15, 0.2) is 6.10 Å². The molecule has 2 aromatic heterocycles. The third kappa shape index (κ3) is 4.28. The van der Waals surface area contributed by atoms with Gasteiger partial charge in [-0.05, 0) is 77.1 Å². The number of nitrogens with zero attached hydrogens (tertiary/aromatic N) is 1. The van der Waals surface area contributed by atoms with Crippen LogP contribution in [0, 0.1) is 12.7 Å². The molecule has 7 heteroatoms. The molecule has 1 atom stereocenters. The molecule has 0 radical (unpaired) electrons. The Hall–Kier alpha value is -2.02. The molecule has 0 N–H and O–H groups in total. The number of pyridine rings is 1. The quantitative estimate of drug-likeness (QED) is 0.382. The minimum atomic E-state index is -1.04. The van der Waals surface area contributed by atoms with E-state index < -0.39 is 23.5 Å². The summed E-state index contributed by atoms with van der Waals surface area (Å²) in [7, 11) is 1.33. The molecule has 170 valence electrons. The molecule has 3 aromatic rings. The number of aromatic nitrogens is 1. The summed E-state index contributed by atoms with van der Waals surface area (Å²) in [5.74, 6) is -0.982. The zero-order valence-corrected chi connectivity index (χ0v) is 20.5. The number of fused-ring (bicyclic) bond motifs is 3. The van der Waals surface area contributed by atoms with Crippen molar-refractivity contribution in [2.45, 2.75) is 65.1 Å². The van der Waals surface area contributed by atoms with E-state index in [-0.39, 0.29) is 0 Å². The Morgan fingerprint density at radius 1 is 1.25 bits per heavy atom. The minimum absolute atomic E-state index is 0.317. The van der Waals surface area contributed by atoms with E-state index in [1.54, 1.807) is 23.5 Å². The SMILES string of the molecule is COC(=O)[C@@H](OC(C)(C)C)c1c(C)nc2sc3c(c2c1-c1ccc(Cl)cc1F)CCCC3. The Bertz CT molecular complexity index is 1200. The number of thiophene rings is 1. The first-order valence-corrected chi connectivity index (χ1v) is 12.0. The minimum Gasteiger partial charge on any atom is -0.467 e. The number of ether oxygens (including phenoxy) is 2. The van der Waals surface area contributed by atoms with Gasteiger partial charge < -0.3 is 9.47 Å². The van der Waals surface area contributed by atoms with E-state index in [1.165, 1.54) is 23.6 Å². The lowest BCUT2D eigenvalue weighted by atomic mass is 9.87. The van der Waals surface area contributed by atoms with Crippen LogP contribution in [0.25, 0.3) is 21.3 Å². The van der Waals surface area contributed by atoms with Crippen LogP contribution in [0.15, 0.2) is 18.2 Å². The number of methoxy groups -OCH3 is 1. The lowest BCUT2D eigenvalue weighted by molar-refractivity contribution is -0.164. The standard InChI is InChI=1S/C25H27ClFNO3S/c1-13-19(22(24(29)30-5)31-25(2,3)4)20(15-11-10-14(26)12-17(15)27)21-16-8-6-7-9-18(16)32-23(21)28-13/h10-12,22H,6-9H2,1-5H3/t22-/m0/s1. The molecule has 1 aliphatic carbocycles. The van der Waals surface area contributed by atoms with Crippen molar-refractivity contribution in [2.24, 2.45) is 0 Å². The number of hydrogen-bond acceptors (Lipinski definition) is 5. The molecule has 0 unspecified atom stereocenters. The van der Waals surface area contributed by atoms with Gasteiger partial charge in [-0.25, -0.2) is 14.2 Å². The summed E-state index contributed by atoms with van der Waals surface area (Å²) in [6.07, 6.45) is 3.07. The molecule has 0 saturated heterocycles. The third-order valence-corrected chi connectivity index (χ3v) is 7.10. The van der Waals surface area contributed by atoms with Gasteiger partial charge in [0.2, 0.25) is 0 Å². The van der Waals surface area contributed by atoms with E-state index in [4.69, 9.17) is 26.1 Å². The zero-order chi connectivity index (χ0) is 23.2. The van der Waals surface area contributed by atoms with E-state index in [1.807, 2.05) is 27.7 Å². The van der Waals surface area contributed by atoms with Gasteiger partial charge in [-0.15, -0.1) is 11.3 Å². The second-order valence-corrected chi connectivity index (χ2v) is 10.7. The van der Waals surface area contributed by atoms with Gasteiger partial charge in [-0.2, -0.15) is 0 Å². The van der Waals surface area contributed by atoms with Crippen molar-refractivity contribution < 1.29 is 18.7 Å². The molecule has 0 fully saturated rings. The summed E-state index contributed by atoms with van der Waals surface area (Å²) in [6.45, 7) is 7.46. The molecule has 2 heterocycles. The van der Waals surface area contributed by atoms with E-state index in [0.717, 1.165) is 35.9 Å². The van der Waals surface area contributed by atoms with Gasteiger partial charge >= 0.3 is 5.97 Å². The molecule has 4 nitrogen and oxygen atoms in total. The van der Waals surface area contributed by atoms with Crippen LogP contribution >= 0.6 is 22.9 Å². The average Bonchev–Trinajstić information content (AvgIpc) is 3.08. The molecule has 0 saturated carbocycles.